The molecule has 24 heavy (non-hydrogen) atoms. The SMILES string of the molecule is CCCCc1cc2ccccc2c2nc(=O)c3ccc(Cl)cc3n12. The Labute approximate surface area is 144 Å². The van der Waals surface area contributed by atoms with Crippen LogP contribution in [-0.2, 0) is 6.42 Å². The van der Waals surface area contributed by atoms with Gasteiger partial charge in [0.05, 0.1) is 10.9 Å². The predicted molar refractivity (Wildman–Crippen MR) is 100 cm³/mol. The second-order valence-corrected chi connectivity index (χ2v) is 6.50. The van der Waals surface area contributed by atoms with Gasteiger partial charge in [0.2, 0.25) is 0 Å². The first-order valence-corrected chi connectivity index (χ1v) is 8.59. The predicted octanol–water partition coefficient (Wildman–Crippen LogP) is 5.00. The lowest BCUT2D eigenvalue weighted by Gasteiger charge is -2.14. The van der Waals surface area contributed by atoms with Crippen LogP contribution >= 0.6 is 11.6 Å². The van der Waals surface area contributed by atoms with Gasteiger partial charge < -0.3 is 0 Å². The van der Waals surface area contributed by atoms with Gasteiger partial charge in [0, 0.05) is 16.1 Å². The van der Waals surface area contributed by atoms with E-state index in [9.17, 15) is 4.79 Å². The molecule has 2 aromatic carbocycles. The van der Waals surface area contributed by atoms with E-state index in [-0.39, 0.29) is 5.56 Å². The van der Waals surface area contributed by atoms with E-state index in [4.69, 9.17) is 11.6 Å². The van der Waals surface area contributed by atoms with E-state index < -0.39 is 0 Å². The average Bonchev–Trinajstić information content (AvgIpc) is 2.59. The third-order valence-corrected chi connectivity index (χ3v) is 4.68. The zero-order chi connectivity index (χ0) is 16.7. The fourth-order valence-electron chi connectivity index (χ4n) is 3.27. The highest BCUT2D eigenvalue weighted by Gasteiger charge is 2.12. The average molecular weight is 337 g/mol. The van der Waals surface area contributed by atoms with Crippen molar-refractivity contribution in [1.29, 1.82) is 0 Å². The Balaban J connectivity index is 2.25. The van der Waals surface area contributed by atoms with Gasteiger partial charge >= 0.3 is 0 Å². The molecule has 3 nitrogen and oxygen atoms in total. The molecule has 2 aromatic heterocycles. The maximum atomic E-state index is 12.5. The van der Waals surface area contributed by atoms with Crippen molar-refractivity contribution in [3.8, 4) is 0 Å². The molecule has 0 spiro atoms. The van der Waals surface area contributed by atoms with Crippen molar-refractivity contribution in [1.82, 2.24) is 9.38 Å². The largest absolute Gasteiger partial charge is 0.297 e. The van der Waals surface area contributed by atoms with E-state index in [0.29, 0.717) is 16.1 Å². The Hall–Kier alpha value is -2.39. The molecule has 0 bridgehead atoms. The van der Waals surface area contributed by atoms with E-state index in [2.05, 4.69) is 28.4 Å². The summed E-state index contributed by atoms with van der Waals surface area (Å²) in [5, 5.41) is 3.31. The van der Waals surface area contributed by atoms with Crippen molar-refractivity contribution in [2.75, 3.05) is 0 Å². The van der Waals surface area contributed by atoms with E-state index in [1.807, 2.05) is 24.3 Å². The highest BCUT2D eigenvalue weighted by Crippen LogP contribution is 2.26. The van der Waals surface area contributed by atoms with Gasteiger partial charge in [0.25, 0.3) is 5.56 Å². The molecular formula is C20H17ClN2O. The highest BCUT2D eigenvalue weighted by atomic mass is 35.5. The van der Waals surface area contributed by atoms with Crippen LogP contribution in [0.5, 0.6) is 0 Å². The number of hydrogen-bond acceptors (Lipinski definition) is 2. The lowest BCUT2D eigenvalue weighted by molar-refractivity contribution is 0.770. The van der Waals surface area contributed by atoms with Crippen molar-refractivity contribution >= 4 is 38.9 Å². The summed E-state index contributed by atoms with van der Waals surface area (Å²) in [4.78, 5) is 16.9. The number of rotatable bonds is 3. The van der Waals surface area contributed by atoms with E-state index in [0.717, 1.165) is 41.2 Å². The van der Waals surface area contributed by atoms with Crippen LogP contribution in [-0.4, -0.2) is 9.38 Å². The minimum atomic E-state index is -0.209. The quantitative estimate of drug-likeness (QED) is 0.493. The van der Waals surface area contributed by atoms with Crippen molar-refractivity contribution in [2.24, 2.45) is 0 Å². The summed E-state index contributed by atoms with van der Waals surface area (Å²) in [6.45, 7) is 2.18. The first kappa shape index (κ1) is 15.2. The molecule has 0 atom stereocenters. The van der Waals surface area contributed by atoms with Crippen LogP contribution in [0.3, 0.4) is 0 Å². The summed E-state index contributed by atoms with van der Waals surface area (Å²) < 4.78 is 2.10. The first-order valence-electron chi connectivity index (χ1n) is 8.21. The van der Waals surface area contributed by atoms with Gasteiger partial charge in [-0.3, -0.25) is 9.20 Å². The Morgan fingerprint density at radius 1 is 1.08 bits per heavy atom. The topological polar surface area (TPSA) is 34.4 Å². The maximum absolute atomic E-state index is 12.5. The number of aryl methyl sites for hydroxylation is 1. The van der Waals surface area contributed by atoms with Crippen LogP contribution in [0.4, 0.5) is 0 Å². The molecule has 0 unspecified atom stereocenters. The third kappa shape index (κ3) is 2.36. The molecule has 0 amide bonds. The van der Waals surface area contributed by atoms with Gasteiger partial charge in [-0.05, 0) is 42.5 Å². The molecule has 0 N–H and O–H groups in total. The van der Waals surface area contributed by atoms with Gasteiger partial charge in [0.15, 0.2) is 0 Å². The van der Waals surface area contributed by atoms with Crippen molar-refractivity contribution in [3.05, 3.63) is 69.6 Å². The van der Waals surface area contributed by atoms with Crippen LogP contribution in [0.15, 0.2) is 53.3 Å². The summed E-state index contributed by atoms with van der Waals surface area (Å²) in [5.74, 6) is 0. The summed E-state index contributed by atoms with van der Waals surface area (Å²) in [7, 11) is 0. The standard InChI is InChI=1S/C20H17ClN2O/c1-2-3-7-15-11-13-6-4-5-8-16(13)19-22-20(24)17-10-9-14(21)12-18(17)23(15)19/h4-6,8-12H,2-3,7H2,1H3. The van der Waals surface area contributed by atoms with Crippen LogP contribution in [0.1, 0.15) is 25.5 Å². The van der Waals surface area contributed by atoms with Crippen molar-refractivity contribution in [2.45, 2.75) is 26.2 Å². The summed E-state index contributed by atoms with van der Waals surface area (Å²) in [6.07, 6.45) is 3.13. The zero-order valence-corrected chi connectivity index (χ0v) is 14.2. The highest BCUT2D eigenvalue weighted by molar-refractivity contribution is 6.31. The Morgan fingerprint density at radius 3 is 2.75 bits per heavy atom. The number of unbranched alkanes of at least 4 members (excludes halogenated alkanes) is 1. The second kappa shape index (κ2) is 5.91. The van der Waals surface area contributed by atoms with Gasteiger partial charge in [-0.25, -0.2) is 0 Å². The number of fused-ring (bicyclic) bond motifs is 5. The molecule has 0 aliphatic rings. The number of pyridine rings is 1. The minimum Gasteiger partial charge on any atom is -0.297 e. The molecule has 0 fully saturated rings. The molecule has 120 valence electrons. The summed E-state index contributed by atoms with van der Waals surface area (Å²) in [6, 6.07) is 15.6. The number of halogens is 1. The number of hydrogen-bond donors (Lipinski definition) is 0. The molecule has 0 saturated heterocycles. The fourth-order valence-corrected chi connectivity index (χ4v) is 3.44. The lowest BCUT2D eigenvalue weighted by atomic mass is 10.1. The van der Waals surface area contributed by atoms with Crippen molar-refractivity contribution < 1.29 is 0 Å². The molecule has 4 heteroatoms. The third-order valence-electron chi connectivity index (χ3n) is 4.45. The van der Waals surface area contributed by atoms with Gasteiger partial charge in [0.1, 0.15) is 5.65 Å². The second-order valence-electron chi connectivity index (χ2n) is 6.06. The fraction of sp³-hybridized carbons (Fsp3) is 0.200. The normalized spacial score (nSPS) is 11.6. The Kier molecular flexibility index (Phi) is 3.73. The molecular weight excluding hydrogens is 320 g/mol. The van der Waals surface area contributed by atoms with Crippen LogP contribution < -0.4 is 5.56 Å². The van der Waals surface area contributed by atoms with Crippen LogP contribution in [0, 0.1) is 0 Å². The lowest BCUT2D eigenvalue weighted by Crippen LogP contribution is -2.13. The number of aromatic nitrogens is 2. The first-order chi connectivity index (χ1) is 11.7. The van der Waals surface area contributed by atoms with Crippen molar-refractivity contribution in [3.63, 3.8) is 0 Å². The monoisotopic (exact) mass is 336 g/mol. The van der Waals surface area contributed by atoms with Crippen LogP contribution in [0.2, 0.25) is 5.02 Å². The Bertz CT molecular complexity index is 1130. The molecule has 4 rings (SSSR count). The van der Waals surface area contributed by atoms with E-state index >= 15 is 0 Å². The molecule has 0 aliphatic carbocycles. The van der Waals surface area contributed by atoms with E-state index in [1.54, 1.807) is 12.1 Å². The van der Waals surface area contributed by atoms with E-state index in [1.165, 1.54) is 0 Å². The minimum absolute atomic E-state index is 0.209. The van der Waals surface area contributed by atoms with Gasteiger partial charge in [-0.1, -0.05) is 49.2 Å². The van der Waals surface area contributed by atoms with Crippen LogP contribution in [0.25, 0.3) is 27.3 Å². The Morgan fingerprint density at radius 2 is 1.92 bits per heavy atom. The molecule has 4 aromatic rings. The summed E-state index contributed by atoms with van der Waals surface area (Å²) >= 11 is 6.21. The molecule has 0 radical (unpaired) electrons. The number of nitrogens with zero attached hydrogens (tertiary/aromatic N) is 2. The zero-order valence-electron chi connectivity index (χ0n) is 13.4. The van der Waals surface area contributed by atoms with Gasteiger partial charge in [-0.2, -0.15) is 4.98 Å². The number of benzene rings is 2. The van der Waals surface area contributed by atoms with Gasteiger partial charge in [-0.15, -0.1) is 0 Å². The molecule has 0 aliphatic heterocycles. The smallest absolute Gasteiger partial charge is 0.281 e. The summed E-state index contributed by atoms with van der Waals surface area (Å²) in [5.41, 5.74) is 2.48. The molecule has 2 heterocycles. The molecule has 0 saturated carbocycles. The maximum Gasteiger partial charge on any atom is 0.281 e.